The molecule has 3 N–H and O–H groups in total. The maximum Gasteiger partial charge on any atom is 0.0607 e. The molecule has 0 bridgehead atoms. The van der Waals surface area contributed by atoms with Crippen LogP contribution in [-0.2, 0) is 6.54 Å². The molecule has 0 aliphatic carbocycles. The molecule has 1 aromatic rings. The van der Waals surface area contributed by atoms with Crippen LogP contribution in [0.5, 0.6) is 0 Å². The summed E-state index contributed by atoms with van der Waals surface area (Å²) in [5.74, 6) is 0. The van der Waals surface area contributed by atoms with E-state index < -0.39 is 0 Å². The van der Waals surface area contributed by atoms with E-state index in [4.69, 9.17) is 10.2 Å². The molecule has 1 rings (SSSR count). The number of aromatic nitrogens is 1. The SMILES string of the molecule is Cc1cccnc1CNC(CO)CO. The third-order valence-electron chi connectivity index (χ3n) is 2.12. The zero-order valence-electron chi connectivity index (χ0n) is 8.27. The second-order valence-electron chi connectivity index (χ2n) is 3.21. The van der Waals surface area contributed by atoms with Crippen LogP contribution in [0.3, 0.4) is 0 Å². The molecule has 1 heterocycles. The van der Waals surface area contributed by atoms with Gasteiger partial charge in [0.2, 0.25) is 0 Å². The number of hydrogen-bond acceptors (Lipinski definition) is 4. The second kappa shape index (κ2) is 5.70. The van der Waals surface area contributed by atoms with Gasteiger partial charge in [0.05, 0.1) is 24.9 Å². The lowest BCUT2D eigenvalue weighted by Crippen LogP contribution is -2.35. The molecule has 0 aliphatic heterocycles. The molecule has 0 aliphatic rings. The Hall–Kier alpha value is -0.970. The Morgan fingerprint density at radius 3 is 2.71 bits per heavy atom. The number of nitrogens with one attached hydrogen (secondary N) is 1. The second-order valence-corrected chi connectivity index (χ2v) is 3.21. The Morgan fingerprint density at radius 1 is 1.43 bits per heavy atom. The summed E-state index contributed by atoms with van der Waals surface area (Å²) >= 11 is 0. The first-order chi connectivity index (χ1) is 6.77. The normalized spacial score (nSPS) is 10.9. The first-order valence-corrected chi connectivity index (χ1v) is 4.63. The number of nitrogens with zero attached hydrogens (tertiary/aromatic N) is 1. The number of hydrogen-bond donors (Lipinski definition) is 3. The van der Waals surface area contributed by atoms with Gasteiger partial charge in [-0.05, 0) is 18.6 Å². The molecule has 0 unspecified atom stereocenters. The average Bonchev–Trinajstić information content (AvgIpc) is 2.22. The van der Waals surface area contributed by atoms with E-state index in [1.54, 1.807) is 6.20 Å². The lowest BCUT2D eigenvalue weighted by atomic mass is 10.2. The summed E-state index contributed by atoms with van der Waals surface area (Å²) in [5.41, 5.74) is 2.05. The highest BCUT2D eigenvalue weighted by Gasteiger charge is 2.05. The van der Waals surface area contributed by atoms with E-state index in [0.717, 1.165) is 11.3 Å². The Labute approximate surface area is 83.6 Å². The van der Waals surface area contributed by atoms with E-state index in [1.165, 1.54) is 0 Å². The molecule has 14 heavy (non-hydrogen) atoms. The van der Waals surface area contributed by atoms with Crippen molar-refractivity contribution in [3.63, 3.8) is 0 Å². The minimum Gasteiger partial charge on any atom is -0.395 e. The molecule has 0 saturated heterocycles. The van der Waals surface area contributed by atoms with Crippen LogP contribution in [-0.4, -0.2) is 34.5 Å². The minimum absolute atomic E-state index is 0.0671. The molecule has 0 atom stereocenters. The number of pyridine rings is 1. The lowest BCUT2D eigenvalue weighted by molar-refractivity contribution is 0.170. The molecule has 0 amide bonds. The van der Waals surface area contributed by atoms with E-state index in [0.29, 0.717) is 6.54 Å². The lowest BCUT2D eigenvalue weighted by Gasteiger charge is -2.13. The minimum atomic E-state index is -0.267. The number of rotatable bonds is 5. The molecular formula is C10H16N2O2. The van der Waals surface area contributed by atoms with Crippen molar-refractivity contribution in [2.75, 3.05) is 13.2 Å². The maximum absolute atomic E-state index is 8.83. The van der Waals surface area contributed by atoms with Crippen molar-refractivity contribution >= 4 is 0 Å². The number of aliphatic hydroxyl groups excluding tert-OH is 2. The van der Waals surface area contributed by atoms with Crippen molar-refractivity contribution < 1.29 is 10.2 Å². The quantitative estimate of drug-likeness (QED) is 0.612. The number of aryl methyl sites for hydroxylation is 1. The largest absolute Gasteiger partial charge is 0.395 e. The van der Waals surface area contributed by atoms with Crippen molar-refractivity contribution in [1.29, 1.82) is 0 Å². The van der Waals surface area contributed by atoms with Crippen molar-refractivity contribution in [3.05, 3.63) is 29.6 Å². The van der Waals surface area contributed by atoms with E-state index in [9.17, 15) is 0 Å². The van der Waals surface area contributed by atoms with Crippen LogP contribution in [0, 0.1) is 6.92 Å². The molecule has 4 nitrogen and oxygen atoms in total. The van der Waals surface area contributed by atoms with Crippen molar-refractivity contribution in [1.82, 2.24) is 10.3 Å². The first-order valence-electron chi connectivity index (χ1n) is 4.63. The molecule has 0 saturated carbocycles. The summed E-state index contributed by atoms with van der Waals surface area (Å²) in [7, 11) is 0. The summed E-state index contributed by atoms with van der Waals surface area (Å²) in [4.78, 5) is 4.19. The molecule has 4 heteroatoms. The Bertz CT molecular complexity index is 275. The van der Waals surface area contributed by atoms with Crippen molar-refractivity contribution in [3.8, 4) is 0 Å². The topological polar surface area (TPSA) is 65.4 Å². The third kappa shape index (κ3) is 3.06. The van der Waals surface area contributed by atoms with E-state index in [-0.39, 0.29) is 19.3 Å². The van der Waals surface area contributed by atoms with Crippen molar-refractivity contribution in [2.24, 2.45) is 0 Å². The highest BCUT2D eigenvalue weighted by Crippen LogP contribution is 2.02. The zero-order valence-corrected chi connectivity index (χ0v) is 8.27. The molecule has 0 aromatic carbocycles. The molecule has 0 fully saturated rings. The molecule has 0 spiro atoms. The van der Waals surface area contributed by atoms with Crippen LogP contribution in [0.2, 0.25) is 0 Å². The van der Waals surface area contributed by atoms with Gasteiger partial charge in [0, 0.05) is 12.7 Å². The molecular weight excluding hydrogens is 180 g/mol. The third-order valence-corrected chi connectivity index (χ3v) is 2.12. The highest BCUT2D eigenvalue weighted by atomic mass is 16.3. The fourth-order valence-electron chi connectivity index (χ4n) is 1.13. The van der Waals surface area contributed by atoms with Crippen LogP contribution in [0.4, 0.5) is 0 Å². The molecule has 0 radical (unpaired) electrons. The van der Waals surface area contributed by atoms with E-state index in [1.807, 2.05) is 19.1 Å². The summed E-state index contributed by atoms with van der Waals surface area (Å²) in [5, 5.41) is 20.7. The summed E-state index contributed by atoms with van der Waals surface area (Å²) < 4.78 is 0. The van der Waals surface area contributed by atoms with Gasteiger partial charge in [0.25, 0.3) is 0 Å². The predicted molar refractivity (Wildman–Crippen MR) is 53.8 cm³/mol. The van der Waals surface area contributed by atoms with Gasteiger partial charge in [-0.25, -0.2) is 0 Å². The van der Waals surface area contributed by atoms with Crippen LogP contribution in [0.1, 0.15) is 11.3 Å². The zero-order chi connectivity index (χ0) is 10.4. The summed E-state index contributed by atoms with van der Waals surface area (Å²) in [6.07, 6.45) is 1.73. The fourth-order valence-corrected chi connectivity index (χ4v) is 1.13. The van der Waals surface area contributed by atoms with Crippen LogP contribution in [0.15, 0.2) is 18.3 Å². The number of aliphatic hydroxyl groups is 2. The van der Waals surface area contributed by atoms with Gasteiger partial charge in [-0.1, -0.05) is 6.07 Å². The summed E-state index contributed by atoms with van der Waals surface area (Å²) in [6, 6.07) is 3.60. The van der Waals surface area contributed by atoms with E-state index in [2.05, 4.69) is 10.3 Å². The summed E-state index contributed by atoms with van der Waals surface area (Å²) in [6.45, 7) is 2.42. The smallest absolute Gasteiger partial charge is 0.0607 e. The standard InChI is InChI=1S/C10H16N2O2/c1-8-3-2-4-11-10(8)5-12-9(6-13)7-14/h2-4,9,12-14H,5-7H2,1H3. The Balaban J connectivity index is 2.49. The highest BCUT2D eigenvalue weighted by molar-refractivity contribution is 5.17. The van der Waals surface area contributed by atoms with Crippen LogP contribution < -0.4 is 5.32 Å². The molecule has 78 valence electrons. The van der Waals surface area contributed by atoms with Crippen LogP contribution >= 0.6 is 0 Å². The van der Waals surface area contributed by atoms with Crippen molar-refractivity contribution in [2.45, 2.75) is 19.5 Å². The first kappa shape index (κ1) is 11.1. The monoisotopic (exact) mass is 196 g/mol. The van der Waals surface area contributed by atoms with Gasteiger partial charge in [0.1, 0.15) is 0 Å². The van der Waals surface area contributed by atoms with Gasteiger partial charge in [0.15, 0.2) is 0 Å². The fraction of sp³-hybridized carbons (Fsp3) is 0.500. The predicted octanol–water partition coefficient (Wildman–Crippen LogP) is -0.167. The van der Waals surface area contributed by atoms with Gasteiger partial charge >= 0.3 is 0 Å². The van der Waals surface area contributed by atoms with Gasteiger partial charge < -0.3 is 15.5 Å². The van der Waals surface area contributed by atoms with Gasteiger partial charge in [-0.15, -0.1) is 0 Å². The van der Waals surface area contributed by atoms with E-state index >= 15 is 0 Å². The Morgan fingerprint density at radius 2 is 2.14 bits per heavy atom. The Kier molecular flexibility index (Phi) is 4.52. The molecule has 1 aromatic heterocycles. The van der Waals surface area contributed by atoms with Gasteiger partial charge in [-0.3, -0.25) is 4.98 Å². The van der Waals surface area contributed by atoms with Gasteiger partial charge in [-0.2, -0.15) is 0 Å². The average molecular weight is 196 g/mol. The maximum atomic E-state index is 8.83. The van der Waals surface area contributed by atoms with Crippen LogP contribution in [0.25, 0.3) is 0 Å².